The van der Waals surface area contributed by atoms with E-state index < -0.39 is 5.82 Å². The van der Waals surface area contributed by atoms with Crippen LogP contribution in [0.1, 0.15) is 18.7 Å². The van der Waals surface area contributed by atoms with E-state index in [2.05, 4.69) is 49.2 Å². The highest BCUT2D eigenvalue weighted by Gasteiger charge is 2.21. The normalized spacial score (nSPS) is 15.4. The monoisotopic (exact) mass is 497 g/mol. The lowest BCUT2D eigenvalue weighted by molar-refractivity contribution is 0.313. The standard InChI is InChI=1S/C28H28FN7O/c1-17(21-5-3-4-10-30-21)31-26-20-8-6-18(29)15-23(20)34-28(37)25(26)27-32-22-9-7-19(16-24(22)33-27)36-13-11-35(2)12-14-36/h3-10,15-17H,11-14H2,1-2H3,(H,32,33)(H2,31,34,37). The Morgan fingerprint density at radius 1 is 1.00 bits per heavy atom. The highest BCUT2D eigenvalue weighted by Crippen LogP contribution is 2.34. The Hall–Kier alpha value is -4.24. The molecule has 5 aromatic rings. The van der Waals surface area contributed by atoms with Gasteiger partial charge in [0.1, 0.15) is 17.2 Å². The zero-order valence-corrected chi connectivity index (χ0v) is 20.8. The number of pyridine rings is 2. The number of benzene rings is 2. The molecule has 0 amide bonds. The number of aromatic amines is 2. The zero-order chi connectivity index (χ0) is 25.5. The minimum atomic E-state index is -0.417. The number of piperazine rings is 1. The number of nitrogens with one attached hydrogen (secondary N) is 3. The van der Waals surface area contributed by atoms with Gasteiger partial charge in [-0.2, -0.15) is 0 Å². The first-order valence-corrected chi connectivity index (χ1v) is 12.4. The molecule has 0 aliphatic carbocycles. The van der Waals surface area contributed by atoms with Gasteiger partial charge in [0.15, 0.2) is 0 Å². The quantitative estimate of drug-likeness (QED) is 0.330. The van der Waals surface area contributed by atoms with Crippen LogP contribution in [0.15, 0.2) is 65.6 Å². The van der Waals surface area contributed by atoms with Gasteiger partial charge >= 0.3 is 0 Å². The van der Waals surface area contributed by atoms with Gasteiger partial charge in [-0.05, 0) is 62.5 Å². The Morgan fingerprint density at radius 3 is 2.62 bits per heavy atom. The summed E-state index contributed by atoms with van der Waals surface area (Å²) in [4.78, 5) is 33.5. The van der Waals surface area contributed by atoms with Crippen LogP contribution in [0.2, 0.25) is 0 Å². The van der Waals surface area contributed by atoms with Crippen LogP contribution in [-0.2, 0) is 0 Å². The van der Waals surface area contributed by atoms with E-state index in [1.807, 2.05) is 31.2 Å². The second-order valence-electron chi connectivity index (χ2n) is 9.59. The fraction of sp³-hybridized carbons (Fsp3) is 0.250. The molecule has 1 unspecified atom stereocenters. The molecule has 0 spiro atoms. The first-order valence-electron chi connectivity index (χ1n) is 12.4. The van der Waals surface area contributed by atoms with Crippen LogP contribution in [0.4, 0.5) is 15.8 Å². The summed E-state index contributed by atoms with van der Waals surface area (Å²) in [6.45, 7) is 5.93. The van der Waals surface area contributed by atoms with Crippen molar-refractivity contribution in [2.45, 2.75) is 13.0 Å². The number of H-pyrrole nitrogens is 2. The van der Waals surface area contributed by atoms with Crippen molar-refractivity contribution in [3.63, 3.8) is 0 Å². The van der Waals surface area contributed by atoms with E-state index in [0.717, 1.165) is 48.6 Å². The molecule has 3 aromatic heterocycles. The summed E-state index contributed by atoms with van der Waals surface area (Å²) >= 11 is 0. The zero-order valence-electron chi connectivity index (χ0n) is 20.8. The van der Waals surface area contributed by atoms with E-state index in [0.29, 0.717) is 28.0 Å². The fourth-order valence-corrected chi connectivity index (χ4v) is 4.95. The van der Waals surface area contributed by atoms with Gasteiger partial charge in [0.2, 0.25) is 0 Å². The van der Waals surface area contributed by atoms with Gasteiger partial charge < -0.3 is 25.1 Å². The van der Waals surface area contributed by atoms with Gasteiger partial charge in [-0.15, -0.1) is 0 Å². The minimum absolute atomic E-state index is 0.205. The van der Waals surface area contributed by atoms with E-state index >= 15 is 0 Å². The van der Waals surface area contributed by atoms with Crippen molar-refractivity contribution in [1.82, 2.24) is 24.8 Å². The molecular weight excluding hydrogens is 469 g/mol. The number of hydrogen-bond acceptors (Lipinski definition) is 6. The Morgan fingerprint density at radius 2 is 1.84 bits per heavy atom. The van der Waals surface area contributed by atoms with Crippen molar-refractivity contribution < 1.29 is 4.39 Å². The van der Waals surface area contributed by atoms with Crippen molar-refractivity contribution >= 4 is 33.3 Å². The molecule has 1 aliphatic rings. The van der Waals surface area contributed by atoms with Crippen molar-refractivity contribution in [3.8, 4) is 11.4 Å². The summed E-state index contributed by atoms with van der Waals surface area (Å²) < 4.78 is 14.0. The third kappa shape index (κ3) is 4.42. The summed E-state index contributed by atoms with van der Waals surface area (Å²) in [5.41, 5.74) is 4.59. The minimum Gasteiger partial charge on any atom is -0.376 e. The third-order valence-electron chi connectivity index (χ3n) is 7.04. The molecule has 1 saturated heterocycles. The third-order valence-corrected chi connectivity index (χ3v) is 7.04. The molecule has 3 N–H and O–H groups in total. The van der Waals surface area contributed by atoms with E-state index in [4.69, 9.17) is 4.98 Å². The van der Waals surface area contributed by atoms with Crippen molar-refractivity contribution in [2.75, 3.05) is 43.4 Å². The maximum Gasteiger partial charge on any atom is 0.261 e. The number of anilines is 2. The number of nitrogens with zero attached hydrogens (tertiary/aromatic N) is 4. The lowest BCUT2D eigenvalue weighted by Crippen LogP contribution is -2.44. The highest BCUT2D eigenvalue weighted by atomic mass is 19.1. The molecule has 0 radical (unpaired) electrons. The fourth-order valence-electron chi connectivity index (χ4n) is 4.95. The molecule has 0 saturated carbocycles. The Kier molecular flexibility index (Phi) is 5.84. The first kappa shape index (κ1) is 23.2. The lowest BCUT2D eigenvalue weighted by atomic mass is 10.1. The topological polar surface area (TPSA) is 92.9 Å². The van der Waals surface area contributed by atoms with Gasteiger partial charge in [0.05, 0.1) is 34.0 Å². The van der Waals surface area contributed by atoms with Gasteiger partial charge in [0, 0.05) is 43.4 Å². The highest BCUT2D eigenvalue weighted by molar-refractivity contribution is 5.99. The Bertz CT molecular complexity index is 1640. The summed E-state index contributed by atoms with van der Waals surface area (Å²) in [6, 6.07) is 16.0. The number of imidazole rings is 1. The molecular formula is C28H28FN7O. The predicted molar refractivity (Wildman–Crippen MR) is 146 cm³/mol. The smallest absolute Gasteiger partial charge is 0.261 e. The van der Waals surface area contributed by atoms with Crippen molar-refractivity contribution in [3.05, 3.63) is 82.7 Å². The van der Waals surface area contributed by atoms with Gasteiger partial charge in [-0.3, -0.25) is 9.78 Å². The summed E-state index contributed by atoms with van der Waals surface area (Å²) in [5.74, 6) is 0.0357. The average molecular weight is 498 g/mol. The maximum absolute atomic E-state index is 14.0. The van der Waals surface area contributed by atoms with E-state index in [1.165, 1.54) is 12.1 Å². The summed E-state index contributed by atoms with van der Waals surface area (Å²) in [5, 5.41) is 4.15. The lowest BCUT2D eigenvalue weighted by Gasteiger charge is -2.34. The van der Waals surface area contributed by atoms with Crippen molar-refractivity contribution in [2.24, 2.45) is 0 Å². The van der Waals surface area contributed by atoms with Crippen LogP contribution in [0.3, 0.4) is 0 Å². The first-order chi connectivity index (χ1) is 18.0. The predicted octanol–water partition coefficient (Wildman–Crippen LogP) is 4.53. The molecule has 8 nitrogen and oxygen atoms in total. The van der Waals surface area contributed by atoms with Gasteiger partial charge in [-0.25, -0.2) is 9.37 Å². The van der Waals surface area contributed by atoms with Crippen LogP contribution in [0.25, 0.3) is 33.3 Å². The average Bonchev–Trinajstić information content (AvgIpc) is 3.32. The Labute approximate surface area is 213 Å². The number of aromatic nitrogens is 4. The number of fused-ring (bicyclic) bond motifs is 2. The van der Waals surface area contributed by atoms with Gasteiger partial charge in [-0.1, -0.05) is 6.07 Å². The number of rotatable bonds is 5. The molecule has 188 valence electrons. The van der Waals surface area contributed by atoms with Crippen LogP contribution in [0, 0.1) is 5.82 Å². The number of likely N-dealkylation sites (N-methyl/N-ethyl adjacent to an activating group) is 1. The molecule has 1 atom stereocenters. The second-order valence-corrected chi connectivity index (χ2v) is 9.59. The van der Waals surface area contributed by atoms with Crippen LogP contribution >= 0.6 is 0 Å². The van der Waals surface area contributed by atoms with Crippen LogP contribution in [0.5, 0.6) is 0 Å². The second kappa shape index (κ2) is 9.33. The van der Waals surface area contributed by atoms with Crippen LogP contribution in [-0.4, -0.2) is 58.1 Å². The molecule has 1 aliphatic heterocycles. The van der Waals surface area contributed by atoms with Crippen molar-refractivity contribution in [1.29, 1.82) is 0 Å². The van der Waals surface area contributed by atoms with E-state index in [-0.39, 0.29) is 11.6 Å². The molecule has 6 rings (SSSR count). The van der Waals surface area contributed by atoms with E-state index in [9.17, 15) is 9.18 Å². The Balaban J connectivity index is 1.46. The molecule has 2 aromatic carbocycles. The summed E-state index contributed by atoms with van der Waals surface area (Å²) in [6.07, 6.45) is 1.73. The number of halogens is 1. The molecule has 4 heterocycles. The summed E-state index contributed by atoms with van der Waals surface area (Å²) in [7, 11) is 2.14. The molecule has 9 heteroatoms. The van der Waals surface area contributed by atoms with Gasteiger partial charge in [0.25, 0.3) is 5.56 Å². The molecule has 37 heavy (non-hydrogen) atoms. The molecule has 0 bridgehead atoms. The number of hydrogen-bond donors (Lipinski definition) is 3. The van der Waals surface area contributed by atoms with Crippen LogP contribution < -0.4 is 15.8 Å². The maximum atomic E-state index is 14.0. The van der Waals surface area contributed by atoms with E-state index in [1.54, 1.807) is 12.3 Å². The SMILES string of the molecule is CC(Nc1c(-c2nc3ccc(N4CCN(C)CC4)cc3[nH]2)c(=O)[nH]c2cc(F)ccc12)c1ccccn1. The molecule has 1 fully saturated rings. The largest absolute Gasteiger partial charge is 0.376 e.